The quantitative estimate of drug-likeness (QED) is 0.0170. The van der Waals surface area contributed by atoms with Crippen molar-refractivity contribution in [1.29, 1.82) is 0 Å². The predicted octanol–water partition coefficient (Wildman–Crippen LogP) is 12.2. The van der Waals surface area contributed by atoms with Crippen LogP contribution in [-0.2, 0) is 38.7 Å². The van der Waals surface area contributed by atoms with Gasteiger partial charge < -0.3 is 41.1 Å². The molecule has 3 fully saturated rings. The van der Waals surface area contributed by atoms with Crippen molar-refractivity contribution in [1.82, 2.24) is 45.7 Å². The fourth-order valence-electron chi connectivity index (χ4n) is 14.2. The van der Waals surface area contributed by atoms with Crippen molar-refractivity contribution < 1.29 is 41.9 Å². The number of carbonyl (C=O) groups is 6. The molecular formula is C80H104ClN11O9S3. The maximum atomic E-state index is 14.2. The second kappa shape index (κ2) is 37.1. The zero-order chi connectivity index (χ0) is 74.0. The summed E-state index contributed by atoms with van der Waals surface area (Å²) in [5, 5.41) is 16.6. The normalized spacial score (nSPS) is 18.5. The first-order valence-corrected chi connectivity index (χ1v) is 40.5. The van der Waals surface area contributed by atoms with Gasteiger partial charge in [0, 0.05) is 123 Å². The van der Waals surface area contributed by atoms with Gasteiger partial charge in [-0.15, -0.1) is 23.1 Å². The van der Waals surface area contributed by atoms with Crippen LogP contribution in [0.4, 0.5) is 11.4 Å². The van der Waals surface area contributed by atoms with Crippen molar-refractivity contribution in [2.45, 2.75) is 159 Å². The van der Waals surface area contributed by atoms with Gasteiger partial charge in [-0.2, -0.15) is 0 Å². The molecule has 0 bridgehead atoms. The number of carbonyl (C=O) groups excluding carboxylic acids is 6. The Morgan fingerprint density at radius 1 is 0.769 bits per heavy atom. The lowest BCUT2D eigenvalue weighted by molar-refractivity contribution is -0.144. The molecule has 20 nitrogen and oxygen atoms in total. The molecule has 4 heterocycles. The number of halogens is 1. The summed E-state index contributed by atoms with van der Waals surface area (Å²) < 4.78 is 35.3. The van der Waals surface area contributed by atoms with Crippen LogP contribution in [0.3, 0.4) is 0 Å². The van der Waals surface area contributed by atoms with Gasteiger partial charge in [0.05, 0.1) is 45.6 Å². The summed E-state index contributed by atoms with van der Waals surface area (Å²) in [6.45, 7) is 22.4. The van der Waals surface area contributed by atoms with Gasteiger partial charge in [-0.3, -0.25) is 38.6 Å². The smallest absolute Gasteiger partial charge is 0.264 e. The standard InChI is InChI=1S/C80H104ClN11O9S3/c1-55-50-67(33-34-69(55)86-64(36-41-89-46-48-101-49-47-89)53-102-66-16-11-10-12-17-66)104(99,100)88-75(95)61-27-31-65(32-28-61)91-44-42-90(43-45-91)52-62-51-80(7,37-35-68(62)59-25-29-63(81)30-26-59)78(98)83-39-38-82-71(93)19-13-8-9-14-20-72(94)87-74(79(4,5)6)77(97)92-40-15-18-70(92)76(96)85-56(2)58-21-23-60(24-22-58)73-57(3)84-54-103-73/h10-12,16-17,21-34,50,54,56,64,70,74,86H,8-9,13-15,18-20,35-49,51-53H2,1-7H3,(H,82,93)(H,83,98)(H,85,96)(H,87,94)(H,88,95)/t56-,64+,70-,74+,80?/m0/s1. The third-order valence-corrected chi connectivity index (χ3v) is 24.2. The number of morpholine rings is 1. The summed E-state index contributed by atoms with van der Waals surface area (Å²) in [7, 11) is -4.19. The first-order valence-electron chi connectivity index (χ1n) is 36.8. The lowest BCUT2D eigenvalue weighted by Crippen LogP contribution is -2.57. The lowest BCUT2D eigenvalue weighted by atomic mass is 9.70. The van der Waals surface area contributed by atoms with E-state index < -0.39 is 38.8 Å². The molecule has 104 heavy (non-hydrogen) atoms. The van der Waals surface area contributed by atoms with Gasteiger partial charge in [0.2, 0.25) is 29.5 Å². The number of thiazole rings is 1. The molecule has 6 aromatic rings. The van der Waals surface area contributed by atoms with Crippen molar-refractivity contribution in [3.8, 4) is 10.4 Å². The topological polar surface area (TPSA) is 244 Å². The van der Waals surface area contributed by atoms with Crippen LogP contribution in [0.25, 0.3) is 16.0 Å². The molecule has 1 aromatic heterocycles. The Balaban J connectivity index is 0.628. The lowest BCUT2D eigenvalue weighted by Gasteiger charge is -2.40. The van der Waals surface area contributed by atoms with Gasteiger partial charge in [0.25, 0.3) is 15.9 Å². The third-order valence-electron chi connectivity index (χ3n) is 20.5. The number of hydrogen-bond donors (Lipinski definition) is 6. The minimum absolute atomic E-state index is 0.00968. The number of rotatable bonds is 32. The summed E-state index contributed by atoms with van der Waals surface area (Å²) in [6, 6.07) is 36.7. The Hall–Kier alpha value is -7.64. The van der Waals surface area contributed by atoms with Crippen LogP contribution in [0.5, 0.6) is 0 Å². The second-order valence-corrected chi connectivity index (χ2v) is 33.5. The Morgan fingerprint density at radius 2 is 1.45 bits per heavy atom. The molecule has 5 aromatic carbocycles. The van der Waals surface area contributed by atoms with E-state index in [9.17, 15) is 37.2 Å². The molecule has 5 atom stereocenters. The van der Waals surface area contributed by atoms with E-state index in [0.29, 0.717) is 76.0 Å². The number of allylic oxidation sites excluding steroid dienone is 1. The second-order valence-electron chi connectivity index (χ2n) is 29.5. The largest absolute Gasteiger partial charge is 0.381 e. The molecule has 3 saturated heterocycles. The molecule has 1 aliphatic carbocycles. The zero-order valence-electron chi connectivity index (χ0n) is 61.3. The molecule has 4 aliphatic rings. The van der Waals surface area contributed by atoms with Crippen molar-refractivity contribution in [2.75, 3.05) is 101 Å². The van der Waals surface area contributed by atoms with E-state index in [1.807, 2.05) is 133 Å². The van der Waals surface area contributed by atoms with Crippen LogP contribution < -0.4 is 36.2 Å². The SMILES string of the molecule is Cc1cc(S(=O)(=O)NC(=O)c2ccc(N3CCN(CC4=C(c5ccc(Cl)cc5)CCC(C)(C(=O)NCCNC(=O)CCCCCCC(=O)N[C@H](C(=O)N5CCC[C@H]5C(=O)N[C@@H](C)c5ccc(-c6scnc6C)cc5)C(C)(C)C)C4)CC3)cc2)ccc1N[C@H](CCN1CCOCC1)CSc1ccccc1. The number of sulfonamides is 1. The molecule has 0 spiro atoms. The average Bonchev–Trinajstić information content (AvgIpc) is 0.796. The number of benzene rings is 5. The van der Waals surface area contributed by atoms with Crippen LogP contribution >= 0.6 is 34.7 Å². The van der Waals surface area contributed by atoms with Crippen LogP contribution in [0.15, 0.2) is 142 Å². The summed E-state index contributed by atoms with van der Waals surface area (Å²) >= 11 is 9.74. The predicted molar refractivity (Wildman–Crippen MR) is 416 cm³/mol. The number of likely N-dealkylation sites (tertiary alicyclic amines) is 1. The van der Waals surface area contributed by atoms with E-state index in [4.69, 9.17) is 16.3 Å². The molecule has 10 rings (SSSR count). The van der Waals surface area contributed by atoms with Gasteiger partial charge >= 0.3 is 0 Å². The van der Waals surface area contributed by atoms with Crippen molar-refractivity contribution in [2.24, 2.45) is 10.8 Å². The number of anilines is 2. The molecule has 0 radical (unpaired) electrons. The molecule has 1 unspecified atom stereocenters. The van der Waals surface area contributed by atoms with E-state index in [-0.39, 0.29) is 65.0 Å². The molecule has 6 N–H and O–H groups in total. The minimum Gasteiger partial charge on any atom is -0.381 e. The maximum absolute atomic E-state index is 14.2. The minimum atomic E-state index is -4.19. The zero-order valence-corrected chi connectivity index (χ0v) is 64.5. The fraction of sp³-hybridized carbons (Fsp3) is 0.487. The number of unbranched alkanes of at least 4 members (excludes halogenated alkanes) is 3. The molecular weight excluding hydrogens is 1390 g/mol. The number of amides is 6. The van der Waals surface area contributed by atoms with E-state index >= 15 is 0 Å². The first kappa shape index (κ1) is 78.9. The highest BCUT2D eigenvalue weighted by atomic mass is 35.5. The number of nitrogens with zero attached hydrogens (tertiary/aromatic N) is 5. The highest BCUT2D eigenvalue weighted by molar-refractivity contribution is 7.99. The van der Waals surface area contributed by atoms with Crippen molar-refractivity contribution in [3.05, 3.63) is 165 Å². The molecule has 24 heteroatoms. The Morgan fingerprint density at radius 3 is 2.12 bits per heavy atom. The van der Waals surface area contributed by atoms with Crippen LogP contribution in [0, 0.1) is 24.7 Å². The average molecular weight is 1500 g/mol. The number of nitrogens with one attached hydrogen (secondary N) is 6. The number of hydrogen-bond acceptors (Lipinski definition) is 16. The van der Waals surface area contributed by atoms with E-state index in [1.165, 1.54) is 16.0 Å². The summed E-state index contributed by atoms with van der Waals surface area (Å²) in [6.07, 6.45) is 7.34. The van der Waals surface area contributed by atoms with E-state index in [2.05, 4.69) is 63.1 Å². The van der Waals surface area contributed by atoms with Gasteiger partial charge in [-0.25, -0.2) is 18.1 Å². The van der Waals surface area contributed by atoms with Gasteiger partial charge in [-0.1, -0.05) is 112 Å². The van der Waals surface area contributed by atoms with Gasteiger partial charge in [0.15, 0.2) is 0 Å². The monoisotopic (exact) mass is 1490 g/mol. The van der Waals surface area contributed by atoms with E-state index in [1.54, 1.807) is 58.3 Å². The highest BCUT2D eigenvalue weighted by Gasteiger charge is 2.43. The number of aromatic nitrogens is 1. The van der Waals surface area contributed by atoms with Crippen molar-refractivity contribution in [3.63, 3.8) is 0 Å². The van der Waals surface area contributed by atoms with Gasteiger partial charge in [-0.05, 0) is 172 Å². The highest BCUT2D eigenvalue weighted by Crippen LogP contribution is 2.44. The molecule has 6 amide bonds. The number of thioether (sulfide) groups is 1. The fourth-order valence-corrected chi connectivity index (χ4v) is 17.2. The number of aryl methyl sites for hydroxylation is 2. The van der Waals surface area contributed by atoms with Crippen LogP contribution in [0.1, 0.15) is 150 Å². The van der Waals surface area contributed by atoms with E-state index in [0.717, 1.165) is 128 Å². The maximum Gasteiger partial charge on any atom is 0.264 e. The Labute approximate surface area is 628 Å². The Bertz CT molecular complexity index is 4050. The molecule has 3 aliphatic heterocycles. The summed E-state index contributed by atoms with van der Waals surface area (Å²) in [5.41, 5.74) is 9.84. The number of piperazine rings is 1. The molecule has 0 saturated carbocycles. The first-order chi connectivity index (χ1) is 49.9. The van der Waals surface area contributed by atoms with Gasteiger partial charge in [0.1, 0.15) is 12.1 Å². The third kappa shape index (κ3) is 22.0. The van der Waals surface area contributed by atoms with Crippen LogP contribution in [0.2, 0.25) is 5.02 Å². The number of ether oxygens (including phenoxy) is 1. The molecule has 558 valence electrons. The summed E-state index contributed by atoms with van der Waals surface area (Å²) in [4.78, 5) is 97.4. The Kier molecular flexibility index (Phi) is 28.1. The van der Waals surface area contributed by atoms with Crippen molar-refractivity contribution >= 4 is 97.1 Å². The summed E-state index contributed by atoms with van der Waals surface area (Å²) in [5.74, 6) is -0.729. The van der Waals surface area contributed by atoms with Crippen LogP contribution in [-0.4, -0.2) is 173 Å².